The van der Waals surface area contributed by atoms with Crippen molar-refractivity contribution in [1.29, 1.82) is 0 Å². The van der Waals surface area contributed by atoms with Crippen LogP contribution in [-0.4, -0.2) is 18.5 Å². The van der Waals surface area contributed by atoms with Crippen molar-refractivity contribution < 1.29 is 9.18 Å². The van der Waals surface area contributed by atoms with Crippen LogP contribution in [-0.2, 0) is 11.3 Å². The molecule has 5 heteroatoms. The van der Waals surface area contributed by atoms with Crippen molar-refractivity contribution >= 4 is 21.8 Å². The fourth-order valence-corrected chi connectivity index (χ4v) is 1.84. The largest absolute Gasteiger partial charge is 0.355 e. The molecule has 1 rings (SSSR count). The van der Waals surface area contributed by atoms with E-state index in [0.29, 0.717) is 17.6 Å². The fraction of sp³-hybridized carbons (Fsp3) is 0.462. The molecule has 0 radical (unpaired) electrons. The number of benzene rings is 1. The normalized spacial score (nSPS) is 12.2. The Morgan fingerprint density at radius 2 is 2.22 bits per heavy atom. The van der Waals surface area contributed by atoms with Gasteiger partial charge in [-0.3, -0.25) is 4.79 Å². The summed E-state index contributed by atoms with van der Waals surface area (Å²) in [5.41, 5.74) is 0.929. The summed E-state index contributed by atoms with van der Waals surface area (Å²) < 4.78 is 13.5. The first-order valence-corrected chi connectivity index (χ1v) is 6.79. The summed E-state index contributed by atoms with van der Waals surface area (Å²) in [7, 11) is 0. The zero-order valence-electron chi connectivity index (χ0n) is 10.6. The number of carbonyl (C=O) groups excluding carboxylic acids is 1. The van der Waals surface area contributed by atoms with E-state index in [1.54, 1.807) is 12.1 Å². The predicted octanol–water partition coefficient (Wildman–Crippen LogP) is 2.59. The quantitative estimate of drug-likeness (QED) is 0.847. The molecule has 18 heavy (non-hydrogen) atoms. The van der Waals surface area contributed by atoms with Crippen molar-refractivity contribution in [3.8, 4) is 0 Å². The molecular weight excluding hydrogens is 299 g/mol. The molecular formula is C13H18BrFN2O. The smallest absolute Gasteiger partial charge is 0.236 e. The van der Waals surface area contributed by atoms with Gasteiger partial charge >= 0.3 is 0 Å². The maximum Gasteiger partial charge on any atom is 0.236 e. The third-order valence-electron chi connectivity index (χ3n) is 2.54. The molecule has 1 aromatic carbocycles. The number of carbonyl (C=O) groups is 1. The fourth-order valence-electron chi connectivity index (χ4n) is 1.41. The van der Waals surface area contributed by atoms with Crippen LogP contribution in [0, 0.1) is 5.82 Å². The molecule has 0 heterocycles. The molecule has 0 saturated heterocycles. The van der Waals surface area contributed by atoms with Crippen LogP contribution in [0.15, 0.2) is 22.7 Å². The van der Waals surface area contributed by atoms with Crippen molar-refractivity contribution in [2.24, 2.45) is 0 Å². The first-order chi connectivity index (χ1) is 8.54. The Bertz CT molecular complexity index is 412. The highest BCUT2D eigenvalue weighted by Gasteiger charge is 2.11. The van der Waals surface area contributed by atoms with Gasteiger partial charge in [0.05, 0.1) is 10.5 Å². The van der Waals surface area contributed by atoms with E-state index in [9.17, 15) is 9.18 Å². The van der Waals surface area contributed by atoms with Gasteiger partial charge in [-0.15, -0.1) is 0 Å². The molecule has 1 aromatic rings. The minimum atomic E-state index is -0.285. The number of halogens is 2. The Kier molecular flexibility index (Phi) is 6.29. The number of nitrogens with one attached hydrogen (secondary N) is 2. The van der Waals surface area contributed by atoms with Crippen LogP contribution in [0.2, 0.25) is 0 Å². The molecule has 2 N–H and O–H groups in total. The summed E-state index contributed by atoms with van der Waals surface area (Å²) >= 11 is 3.13. The molecule has 0 spiro atoms. The topological polar surface area (TPSA) is 41.1 Å². The number of hydrogen-bond donors (Lipinski definition) is 2. The molecule has 3 nitrogen and oxygen atoms in total. The molecule has 1 atom stereocenters. The van der Waals surface area contributed by atoms with E-state index in [4.69, 9.17) is 0 Å². The van der Waals surface area contributed by atoms with Crippen LogP contribution in [0.3, 0.4) is 0 Å². The molecule has 0 saturated carbocycles. The Labute approximate surface area is 115 Å². The maximum atomic E-state index is 13.0. The molecule has 1 amide bonds. The van der Waals surface area contributed by atoms with E-state index in [2.05, 4.69) is 26.6 Å². The lowest BCUT2D eigenvalue weighted by Crippen LogP contribution is -2.42. The number of amides is 1. The maximum absolute atomic E-state index is 13.0. The first-order valence-electron chi connectivity index (χ1n) is 5.99. The van der Waals surface area contributed by atoms with E-state index in [-0.39, 0.29) is 17.8 Å². The van der Waals surface area contributed by atoms with Crippen LogP contribution in [0.25, 0.3) is 0 Å². The monoisotopic (exact) mass is 316 g/mol. The average molecular weight is 317 g/mol. The highest BCUT2D eigenvalue weighted by molar-refractivity contribution is 9.10. The van der Waals surface area contributed by atoms with Crippen molar-refractivity contribution in [3.63, 3.8) is 0 Å². The van der Waals surface area contributed by atoms with E-state index in [0.717, 1.165) is 12.0 Å². The lowest BCUT2D eigenvalue weighted by molar-refractivity contribution is -0.122. The summed E-state index contributed by atoms with van der Waals surface area (Å²) in [5.74, 6) is -0.300. The molecule has 0 fully saturated rings. The number of hydrogen-bond acceptors (Lipinski definition) is 2. The molecule has 0 aliphatic heterocycles. The highest BCUT2D eigenvalue weighted by atomic mass is 79.9. The second-order valence-electron chi connectivity index (χ2n) is 4.14. The lowest BCUT2D eigenvalue weighted by atomic mass is 10.2. The zero-order valence-corrected chi connectivity index (χ0v) is 12.2. The van der Waals surface area contributed by atoms with Crippen LogP contribution in [0.1, 0.15) is 25.8 Å². The first kappa shape index (κ1) is 15.1. The minimum absolute atomic E-state index is 0.0157. The van der Waals surface area contributed by atoms with Crippen molar-refractivity contribution in [3.05, 3.63) is 34.1 Å². The summed E-state index contributed by atoms with van der Waals surface area (Å²) in [6.45, 7) is 5.03. The SMILES string of the molecule is CCCNC(=O)C(C)NCc1ccc(F)c(Br)c1. The molecule has 0 aliphatic carbocycles. The van der Waals surface area contributed by atoms with Crippen LogP contribution in [0.4, 0.5) is 4.39 Å². The summed E-state index contributed by atoms with van der Waals surface area (Å²) in [5, 5.41) is 5.92. The third-order valence-corrected chi connectivity index (χ3v) is 3.15. The van der Waals surface area contributed by atoms with Gasteiger partial charge in [0.25, 0.3) is 0 Å². The molecule has 1 unspecified atom stereocenters. The number of rotatable bonds is 6. The van der Waals surface area contributed by atoms with Crippen molar-refractivity contribution in [1.82, 2.24) is 10.6 Å². The van der Waals surface area contributed by atoms with Gasteiger partial charge in [-0.05, 0) is 47.0 Å². The third kappa shape index (κ3) is 4.74. The van der Waals surface area contributed by atoms with E-state index in [1.165, 1.54) is 6.07 Å². The molecule has 0 bridgehead atoms. The van der Waals surface area contributed by atoms with Crippen molar-refractivity contribution in [2.75, 3.05) is 6.54 Å². The second kappa shape index (κ2) is 7.48. The Balaban J connectivity index is 2.44. The minimum Gasteiger partial charge on any atom is -0.355 e. The Hall–Kier alpha value is -0.940. The predicted molar refractivity (Wildman–Crippen MR) is 73.7 cm³/mol. The Morgan fingerprint density at radius 1 is 1.50 bits per heavy atom. The van der Waals surface area contributed by atoms with Gasteiger partial charge in [0.15, 0.2) is 0 Å². The molecule has 0 aliphatic rings. The standard InChI is InChI=1S/C13H18BrFN2O/c1-3-6-16-13(18)9(2)17-8-10-4-5-12(15)11(14)7-10/h4-5,7,9,17H,3,6,8H2,1-2H3,(H,16,18). The highest BCUT2D eigenvalue weighted by Crippen LogP contribution is 2.16. The van der Waals surface area contributed by atoms with Crippen molar-refractivity contribution in [2.45, 2.75) is 32.9 Å². The van der Waals surface area contributed by atoms with Crippen LogP contribution >= 0.6 is 15.9 Å². The molecule has 0 aromatic heterocycles. The van der Waals surface area contributed by atoms with Gasteiger partial charge < -0.3 is 10.6 Å². The summed E-state index contributed by atoms with van der Waals surface area (Å²) in [6, 6.07) is 4.55. The molecule has 100 valence electrons. The van der Waals surface area contributed by atoms with Gasteiger partial charge in [0.2, 0.25) is 5.91 Å². The summed E-state index contributed by atoms with van der Waals surface area (Å²) in [6.07, 6.45) is 0.920. The Morgan fingerprint density at radius 3 is 2.83 bits per heavy atom. The van der Waals surface area contributed by atoms with Gasteiger partial charge in [-0.2, -0.15) is 0 Å². The summed E-state index contributed by atoms with van der Waals surface area (Å²) in [4.78, 5) is 11.6. The zero-order chi connectivity index (χ0) is 13.5. The van der Waals surface area contributed by atoms with E-state index in [1.807, 2.05) is 13.8 Å². The van der Waals surface area contributed by atoms with Crippen LogP contribution < -0.4 is 10.6 Å². The van der Waals surface area contributed by atoms with E-state index >= 15 is 0 Å². The van der Waals surface area contributed by atoms with E-state index < -0.39 is 0 Å². The van der Waals surface area contributed by atoms with Gasteiger partial charge in [-0.25, -0.2) is 4.39 Å². The van der Waals surface area contributed by atoms with Gasteiger partial charge in [0.1, 0.15) is 5.82 Å². The van der Waals surface area contributed by atoms with Crippen LogP contribution in [0.5, 0.6) is 0 Å². The second-order valence-corrected chi connectivity index (χ2v) is 5.00. The van der Waals surface area contributed by atoms with Gasteiger partial charge in [0, 0.05) is 13.1 Å². The lowest BCUT2D eigenvalue weighted by Gasteiger charge is -2.14. The average Bonchev–Trinajstić information content (AvgIpc) is 2.36. The van der Waals surface area contributed by atoms with Gasteiger partial charge in [-0.1, -0.05) is 13.0 Å².